The smallest absolute Gasteiger partial charge is 0.348 e. The van der Waals surface area contributed by atoms with Crippen molar-refractivity contribution in [3.8, 4) is 6.07 Å². The van der Waals surface area contributed by atoms with Crippen molar-refractivity contribution in [2.75, 3.05) is 6.54 Å². The van der Waals surface area contributed by atoms with E-state index in [9.17, 15) is 26.4 Å². The summed E-state index contributed by atoms with van der Waals surface area (Å²) in [6.07, 6.45) is -4.39. The van der Waals surface area contributed by atoms with Crippen molar-refractivity contribution in [3.05, 3.63) is 65.2 Å². The normalized spacial score (nSPS) is 11.6. The van der Waals surface area contributed by atoms with Gasteiger partial charge in [0.15, 0.2) is 0 Å². The van der Waals surface area contributed by atoms with E-state index in [2.05, 4.69) is 10.0 Å². The fourth-order valence-corrected chi connectivity index (χ4v) is 3.24. The molecule has 0 spiro atoms. The molecule has 0 aliphatic heterocycles. The minimum absolute atomic E-state index is 0.0196. The minimum atomic E-state index is -4.42. The Morgan fingerprint density at radius 1 is 1.04 bits per heavy atom. The van der Waals surface area contributed by atoms with Crippen molar-refractivity contribution in [1.82, 2.24) is 10.0 Å². The largest absolute Gasteiger partial charge is 0.416 e. The first kappa shape index (κ1) is 21.4. The van der Waals surface area contributed by atoms with E-state index < -0.39 is 27.7 Å². The Kier molecular flexibility index (Phi) is 6.77. The molecule has 0 saturated carbocycles. The van der Waals surface area contributed by atoms with E-state index in [1.165, 1.54) is 36.4 Å². The first-order valence-corrected chi connectivity index (χ1v) is 9.53. The lowest BCUT2D eigenvalue weighted by atomic mass is 10.1. The molecule has 0 radical (unpaired) electrons. The summed E-state index contributed by atoms with van der Waals surface area (Å²) in [6.45, 7) is 0.000928. The van der Waals surface area contributed by atoms with Crippen molar-refractivity contribution < 1.29 is 26.4 Å². The SMILES string of the molecule is N#CCCNS(=O)(=O)c1ccc(C(=O)NCc2ccc(C(F)(F)F)cc2)cc1. The van der Waals surface area contributed by atoms with E-state index in [0.717, 1.165) is 12.1 Å². The Labute approximate surface area is 160 Å². The van der Waals surface area contributed by atoms with Gasteiger partial charge in [0.05, 0.1) is 16.5 Å². The monoisotopic (exact) mass is 411 g/mol. The van der Waals surface area contributed by atoms with Gasteiger partial charge in [0.25, 0.3) is 5.91 Å². The van der Waals surface area contributed by atoms with Crippen LogP contribution in [0.3, 0.4) is 0 Å². The highest BCUT2D eigenvalue weighted by atomic mass is 32.2. The predicted octanol–water partition coefficient (Wildman–Crippen LogP) is 2.83. The first-order valence-electron chi connectivity index (χ1n) is 8.04. The van der Waals surface area contributed by atoms with Crippen LogP contribution in [0, 0.1) is 11.3 Å². The summed E-state index contributed by atoms with van der Waals surface area (Å²) in [5.74, 6) is -0.499. The van der Waals surface area contributed by atoms with Crippen LogP contribution in [-0.2, 0) is 22.7 Å². The predicted molar refractivity (Wildman–Crippen MR) is 94.5 cm³/mol. The molecule has 0 bridgehead atoms. The molecule has 0 unspecified atom stereocenters. The van der Waals surface area contributed by atoms with Gasteiger partial charge in [-0.1, -0.05) is 12.1 Å². The molecule has 0 aliphatic carbocycles. The summed E-state index contributed by atoms with van der Waals surface area (Å²) in [7, 11) is -3.77. The Hall–Kier alpha value is -2.90. The molecule has 10 heteroatoms. The number of nitrogens with zero attached hydrogens (tertiary/aromatic N) is 1. The number of sulfonamides is 1. The second kappa shape index (κ2) is 8.86. The molecule has 2 aromatic carbocycles. The minimum Gasteiger partial charge on any atom is -0.348 e. The number of halogens is 3. The molecule has 0 atom stereocenters. The average molecular weight is 411 g/mol. The number of nitriles is 1. The van der Waals surface area contributed by atoms with Crippen LogP contribution in [-0.4, -0.2) is 20.9 Å². The highest BCUT2D eigenvalue weighted by molar-refractivity contribution is 7.89. The van der Waals surface area contributed by atoms with Gasteiger partial charge in [-0.3, -0.25) is 4.79 Å². The zero-order chi connectivity index (χ0) is 20.8. The molecule has 0 aromatic heterocycles. The standard InChI is InChI=1S/C18H16F3N3O3S/c19-18(20,21)15-6-2-13(3-7-15)12-23-17(25)14-4-8-16(9-5-14)28(26,27)24-11-1-10-22/h2-9,24H,1,11-12H2,(H,23,25). The van der Waals surface area contributed by atoms with Gasteiger partial charge in [-0.05, 0) is 42.0 Å². The summed E-state index contributed by atoms with van der Waals surface area (Å²) < 4.78 is 63.8. The van der Waals surface area contributed by atoms with Crippen LogP contribution in [0.1, 0.15) is 27.9 Å². The Bertz CT molecular complexity index is 964. The zero-order valence-corrected chi connectivity index (χ0v) is 15.3. The third-order valence-electron chi connectivity index (χ3n) is 3.69. The number of carbonyl (C=O) groups is 1. The van der Waals surface area contributed by atoms with E-state index in [0.29, 0.717) is 5.56 Å². The second-order valence-corrected chi connectivity index (χ2v) is 7.47. The van der Waals surface area contributed by atoms with Crippen LogP contribution in [0.4, 0.5) is 13.2 Å². The maximum absolute atomic E-state index is 12.5. The van der Waals surface area contributed by atoms with Crippen LogP contribution < -0.4 is 10.0 Å². The number of rotatable bonds is 7. The van der Waals surface area contributed by atoms with Gasteiger partial charge in [-0.15, -0.1) is 0 Å². The lowest BCUT2D eigenvalue weighted by molar-refractivity contribution is -0.137. The fraction of sp³-hybridized carbons (Fsp3) is 0.222. The quantitative estimate of drug-likeness (QED) is 0.685. The molecule has 0 aliphatic rings. The molecule has 6 nitrogen and oxygen atoms in total. The number of amides is 1. The van der Waals surface area contributed by atoms with Gasteiger partial charge < -0.3 is 5.32 Å². The van der Waals surface area contributed by atoms with E-state index in [1.807, 2.05) is 6.07 Å². The van der Waals surface area contributed by atoms with Crippen molar-refractivity contribution in [3.63, 3.8) is 0 Å². The van der Waals surface area contributed by atoms with Gasteiger partial charge in [0, 0.05) is 25.1 Å². The Morgan fingerprint density at radius 3 is 2.18 bits per heavy atom. The van der Waals surface area contributed by atoms with Crippen LogP contribution in [0.15, 0.2) is 53.4 Å². The van der Waals surface area contributed by atoms with Gasteiger partial charge in [-0.2, -0.15) is 18.4 Å². The molecule has 2 rings (SSSR count). The van der Waals surface area contributed by atoms with Gasteiger partial charge in [0.2, 0.25) is 10.0 Å². The number of benzene rings is 2. The Balaban J connectivity index is 1.97. The topological polar surface area (TPSA) is 99.1 Å². The zero-order valence-electron chi connectivity index (χ0n) is 14.5. The summed E-state index contributed by atoms with van der Waals surface area (Å²) in [5.41, 5.74) is -0.0899. The van der Waals surface area contributed by atoms with Gasteiger partial charge in [-0.25, -0.2) is 13.1 Å². The summed E-state index contributed by atoms with van der Waals surface area (Å²) in [4.78, 5) is 12.1. The number of nitrogens with one attached hydrogen (secondary N) is 2. The summed E-state index contributed by atoms with van der Waals surface area (Å²) in [6, 6.07) is 11.4. The van der Waals surface area contributed by atoms with Crippen LogP contribution in [0.2, 0.25) is 0 Å². The van der Waals surface area contributed by atoms with E-state index >= 15 is 0 Å². The molecule has 1 amide bonds. The van der Waals surface area contributed by atoms with E-state index in [1.54, 1.807) is 0 Å². The molecule has 2 N–H and O–H groups in total. The average Bonchev–Trinajstić information content (AvgIpc) is 2.66. The molecular formula is C18H16F3N3O3S. The molecular weight excluding hydrogens is 395 g/mol. The summed E-state index contributed by atoms with van der Waals surface area (Å²) in [5, 5.41) is 11.0. The lowest BCUT2D eigenvalue weighted by Crippen LogP contribution is -2.25. The molecule has 2 aromatic rings. The molecule has 0 fully saturated rings. The third kappa shape index (κ3) is 5.80. The highest BCUT2D eigenvalue weighted by Gasteiger charge is 2.29. The van der Waals surface area contributed by atoms with Crippen molar-refractivity contribution in [1.29, 1.82) is 5.26 Å². The molecule has 0 heterocycles. The number of alkyl halides is 3. The molecule has 28 heavy (non-hydrogen) atoms. The number of hydrogen-bond acceptors (Lipinski definition) is 4. The van der Waals surface area contributed by atoms with Crippen molar-refractivity contribution in [2.24, 2.45) is 0 Å². The second-order valence-electron chi connectivity index (χ2n) is 5.71. The highest BCUT2D eigenvalue weighted by Crippen LogP contribution is 2.29. The fourth-order valence-electron chi connectivity index (χ4n) is 2.21. The van der Waals surface area contributed by atoms with Crippen molar-refractivity contribution in [2.45, 2.75) is 24.0 Å². The first-order chi connectivity index (χ1) is 13.1. The van der Waals surface area contributed by atoms with E-state index in [-0.39, 0.29) is 30.0 Å². The van der Waals surface area contributed by atoms with Gasteiger partial charge >= 0.3 is 6.18 Å². The lowest BCUT2D eigenvalue weighted by Gasteiger charge is -2.09. The maximum Gasteiger partial charge on any atom is 0.416 e. The maximum atomic E-state index is 12.5. The Morgan fingerprint density at radius 2 is 1.64 bits per heavy atom. The summed E-state index contributed by atoms with van der Waals surface area (Å²) >= 11 is 0. The van der Waals surface area contributed by atoms with Crippen molar-refractivity contribution >= 4 is 15.9 Å². The molecule has 148 valence electrons. The molecule has 0 saturated heterocycles. The van der Waals surface area contributed by atoms with Crippen LogP contribution in [0.5, 0.6) is 0 Å². The van der Waals surface area contributed by atoms with E-state index in [4.69, 9.17) is 5.26 Å². The third-order valence-corrected chi connectivity index (χ3v) is 5.17. The number of hydrogen-bond donors (Lipinski definition) is 2. The van der Waals surface area contributed by atoms with Crippen LogP contribution in [0.25, 0.3) is 0 Å². The number of carbonyl (C=O) groups excluding carboxylic acids is 1. The van der Waals surface area contributed by atoms with Crippen LogP contribution >= 0.6 is 0 Å². The van der Waals surface area contributed by atoms with Gasteiger partial charge in [0.1, 0.15) is 0 Å².